The fourth-order valence-corrected chi connectivity index (χ4v) is 16.2. The lowest BCUT2D eigenvalue weighted by atomic mass is 9.63. The average Bonchev–Trinajstić information content (AvgIpc) is 1.59. The number of hydrazine groups is 3. The molecule has 12 aromatic heterocycles. The zero-order chi connectivity index (χ0) is 74.4. The quantitative estimate of drug-likeness (QED) is 0.109. The van der Waals surface area contributed by atoms with Gasteiger partial charge in [-0.2, -0.15) is 4.68 Å². The van der Waals surface area contributed by atoms with E-state index < -0.39 is 0 Å². The number of para-hydroxylation sites is 3. The second kappa shape index (κ2) is 27.2. The summed E-state index contributed by atoms with van der Waals surface area (Å²) in [7, 11) is 2.01. The van der Waals surface area contributed by atoms with Gasteiger partial charge in [-0.15, -0.1) is 0 Å². The summed E-state index contributed by atoms with van der Waals surface area (Å²) in [5.41, 5.74) is 11.5. The van der Waals surface area contributed by atoms with Crippen molar-refractivity contribution >= 4 is 172 Å². The van der Waals surface area contributed by atoms with Crippen molar-refractivity contribution in [2.45, 2.75) is 66.6 Å². The van der Waals surface area contributed by atoms with E-state index in [1.54, 1.807) is 37.2 Å². The van der Waals surface area contributed by atoms with E-state index in [9.17, 15) is 0 Å². The largest absolute Gasteiger partial charge is 0.436 e. The fourth-order valence-electron chi connectivity index (χ4n) is 16.2. The van der Waals surface area contributed by atoms with E-state index in [1.165, 1.54) is 0 Å². The molecule has 7 aliphatic rings. The molecule has 24 nitrogen and oxygen atoms in total. The Labute approximate surface area is 633 Å². The Bertz CT molecular complexity index is 6090. The lowest BCUT2D eigenvalue weighted by Crippen LogP contribution is -2.56. The minimum absolute atomic E-state index is 0.0130. The summed E-state index contributed by atoms with van der Waals surface area (Å²) < 4.78 is 26.0. The summed E-state index contributed by atoms with van der Waals surface area (Å²) in [6.45, 7) is 15.9. The van der Waals surface area contributed by atoms with Crippen molar-refractivity contribution in [1.29, 1.82) is 0 Å². The van der Waals surface area contributed by atoms with Crippen molar-refractivity contribution in [2.24, 2.45) is 7.05 Å². The second-order valence-corrected chi connectivity index (χ2v) is 27.9. The minimum atomic E-state index is -0.0130. The maximum absolute atomic E-state index is 6.07. The Balaban J connectivity index is 0.000000100. The van der Waals surface area contributed by atoms with Crippen LogP contribution < -0.4 is 81.9 Å². The first-order chi connectivity index (χ1) is 53.9. The van der Waals surface area contributed by atoms with Crippen molar-refractivity contribution < 1.29 is 22.4 Å². The van der Waals surface area contributed by atoms with E-state index in [-0.39, 0.29) is 45.9 Å². The zero-order valence-electron chi connectivity index (χ0n) is 61.7. The summed E-state index contributed by atoms with van der Waals surface area (Å²) in [4.78, 5) is 53.8. The van der Waals surface area contributed by atoms with Crippen molar-refractivity contribution in [3.8, 4) is 0 Å². The highest BCUT2D eigenvalue weighted by Crippen LogP contribution is 2.46. The Morgan fingerprint density at radius 3 is 1.10 bits per heavy atom. The highest BCUT2D eigenvalue weighted by molar-refractivity contribution is 6.75. The summed E-state index contributed by atoms with van der Waals surface area (Å²) in [6, 6.07) is 57.4. The fraction of sp³-hybridized carbons (Fsp3) is 0.134. The van der Waals surface area contributed by atoms with Gasteiger partial charge in [0.2, 0.25) is 22.9 Å². The van der Waals surface area contributed by atoms with Crippen LogP contribution in [0.1, 0.15) is 20.8 Å². The SMILES string of the molecule is CB1C=c2c(oc3ncccc23)=CN1N1c2cccnc2N(c2ccccc2)[C@@H]1C.CB1C=c2c(oc3ncccc23)=CN1N1c2ncccc2N(c2ccccc2)[C@@H]1C.CB1C=c2c(oc3ncccc23)=CN1N1c2nccnc2N(c2ccccc2)[C@@H]1C.CB1C=c2c(oc3ncccc23)=CN1n1ccc[n+]1C. The normalized spacial score (nSPS) is 17.0. The third kappa shape index (κ3) is 11.3. The van der Waals surface area contributed by atoms with Crippen LogP contribution in [0.15, 0.2) is 249 Å². The van der Waals surface area contributed by atoms with Crippen LogP contribution >= 0.6 is 0 Å². The summed E-state index contributed by atoms with van der Waals surface area (Å²) in [5, 5.41) is 15.4. The van der Waals surface area contributed by atoms with Gasteiger partial charge in [0, 0.05) is 115 Å². The zero-order valence-corrected chi connectivity index (χ0v) is 61.7. The van der Waals surface area contributed by atoms with Crippen LogP contribution in [0.5, 0.6) is 0 Å². The number of aryl methyl sites for hydroxylation is 1. The summed E-state index contributed by atoms with van der Waals surface area (Å²) in [6.07, 6.45) is 26.6. The maximum Gasteiger partial charge on any atom is 0.425 e. The average molecular weight is 1450 g/mol. The Morgan fingerprint density at radius 1 is 0.318 bits per heavy atom. The first-order valence-electron chi connectivity index (χ1n) is 37.0. The topological polar surface area (TPSA) is 197 Å². The molecule has 0 saturated heterocycles. The van der Waals surface area contributed by atoms with Crippen LogP contribution in [-0.4, -0.2) is 105 Å². The van der Waals surface area contributed by atoms with E-state index in [4.69, 9.17) is 27.6 Å². The first-order valence-corrected chi connectivity index (χ1v) is 37.0. The van der Waals surface area contributed by atoms with Crippen LogP contribution in [0, 0.1) is 0 Å². The lowest BCUT2D eigenvalue weighted by molar-refractivity contribution is -0.750. The van der Waals surface area contributed by atoms with Crippen LogP contribution in [0.2, 0.25) is 27.3 Å². The Morgan fingerprint density at radius 2 is 0.655 bits per heavy atom. The van der Waals surface area contributed by atoms with Crippen LogP contribution in [-0.2, 0) is 7.05 Å². The van der Waals surface area contributed by atoms with Crippen LogP contribution in [0.25, 0.3) is 93.1 Å². The Hall–Kier alpha value is -13.8. The molecule has 0 amide bonds. The predicted molar refractivity (Wildman–Crippen MR) is 437 cm³/mol. The van der Waals surface area contributed by atoms with Crippen molar-refractivity contribution in [3.05, 3.63) is 274 Å². The van der Waals surface area contributed by atoms with Crippen LogP contribution in [0.4, 0.5) is 51.7 Å². The van der Waals surface area contributed by atoms with Gasteiger partial charge in [-0.25, -0.2) is 44.8 Å². The van der Waals surface area contributed by atoms with Gasteiger partial charge >= 0.3 is 27.4 Å². The monoisotopic (exact) mass is 1450 g/mol. The number of furan rings is 4. The molecule has 0 fully saturated rings. The number of rotatable bonds is 7. The third-order valence-electron chi connectivity index (χ3n) is 21.1. The molecule has 7 aliphatic heterocycles. The van der Waals surface area contributed by atoms with Gasteiger partial charge in [0.05, 0.1) is 30.5 Å². The van der Waals surface area contributed by atoms with Crippen molar-refractivity contribution in [1.82, 2.24) is 59.4 Å². The summed E-state index contributed by atoms with van der Waals surface area (Å²) >= 11 is 0. The molecule has 19 heterocycles. The number of fused-ring (bicyclic) bond motifs is 15. The number of hydrogen-bond acceptors (Lipinski definition) is 22. The van der Waals surface area contributed by atoms with Gasteiger partial charge in [-0.05, 0) is 137 Å². The highest BCUT2D eigenvalue weighted by atomic mass is 16.4. The van der Waals surface area contributed by atoms with Crippen LogP contribution in [0.3, 0.4) is 0 Å². The molecule has 0 N–H and O–H groups in total. The molecule has 3 aromatic carbocycles. The van der Waals surface area contributed by atoms with E-state index >= 15 is 0 Å². The summed E-state index contributed by atoms with van der Waals surface area (Å²) in [5.74, 6) is 12.5. The predicted octanol–water partition coefficient (Wildman–Crippen LogP) is 8.59. The molecule has 0 spiro atoms. The molecule has 0 saturated carbocycles. The van der Waals surface area contributed by atoms with E-state index in [2.05, 4.69) is 249 Å². The number of anilines is 9. The lowest BCUT2D eigenvalue weighted by Gasteiger charge is -2.40. The van der Waals surface area contributed by atoms with Gasteiger partial charge in [0.15, 0.2) is 44.9 Å². The molecule has 0 radical (unpaired) electrons. The molecule has 110 heavy (non-hydrogen) atoms. The van der Waals surface area contributed by atoms with Gasteiger partial charge in [0.25, 0.3) is 0 Å². The highest BCUT2D eigenvalue weighted by Gasteiger charge is 2.44. The van der Waals surface area contributed by atoms with E-state index in [0.717, 1.165) is 116 Å². The Kier molecular flexibility index (Phi) is 16.6. The van der Waals surface area contributed by atoms with Gasteiger partial charge in [0.1, 0.15) is 43.6 Å². The van der Waals surface area contributed by atoms with Crippen molar-refractivity contribution in [3.63, 3.8) is 0 Å². The van der Waals surface area contributed by atoms with Gasteiger partial charge in [-0.3, -0.25) is 15.0 Å². The third-order valence-corrected chi connectivity index (χ3v) is 21.1. The maximum atomic E-state index is 6.07. The molecular weight excluding hydrogens is 1370 g/mol. The van der Waals surface area contributed by atoms with E-state index in [0.29, 0.717) is 22.9 Å². The second-order valence-electron chi connectivity index (χ2n) is 27.9. The number of benzene rings is 3. The molecule has 0 aliphatic carbocycles. The molecule has 536 valence electrons. The number of aromatic nitrogens is 10. The van der Waals surface area contributed by atoms with Gasteiger partial charge < -0.3 is 47.1 Å². The molecule has 15 aromatic rings. The minimum Gasteiger partial charge on any atom is -0.436 e. The van der Waals surface area contributed by atoms with E-state index in [1.807, 2.05) is 139 Å². The number of nitrogens with zero attached hydrogens (tertiary/aromatic N) is 20. The van der Waals surface area contributed by atoms with Crippen molar-refractivity contribution in [2.75, 3.05) is 34.6 Å². The molecule has 28 heteroatoms. The molecule has 0 bridgehead atoms. The molecule has 3 atom stereocenters. The molecular formula is C82H73B4N20O4+. The molecule has 22 rings (SSSR count). The number of pyridine rings is 6. The van der Waals surface area contributed by atoms with Gasteiger partial charge in [-0.1, -0.05) is 104 Å². The molecule has 0 unspecified atom stereocenters. The first kappa shape index (κ1) is 66.9. The standard InChI is InChI=1S/2C23H20BN5O.C22H19BN6O.C14H14BN4O/c1-16-28(17-8-4-3-5-9-17)22-20(11-7-12-25-22)29(16)27-15-21-19(14-24(27)2)18-10-6-13-26-23(18)30-21;1-16-28(17-8-4-3-5-9-17)20-11-7-12-25-22(20)29(16)27-15-21-19(14-24(27)2)18-10-6-13-26-23(18)30-21;1-15-28(16-7-4-3-5-8-16)20-21(25-12-11-24-20)29(15)27-14-19-18(13-23(27)2)17-9-6-10-26-22(17)30-19;1-15-9-12-11-5-3-6-16-14(11)20-13(12)10-18(15)19-8-4-7-17(19)2/h2*3-16H,1-2H3;3-15H,1-2H3;3-10H,1-2H3/q;;;+1/t2*16-;15-;/m000./s1. The smallest absolute Gasteiger partial charge is 0.425 e. The number of hydrogen-bond donors (Lipinski definition) is 0.